The van der Waals surface area contributed by atoms with E-state index in [-0.39, 0.29) is 24.7 Å². The summed E-state index contributed by atoms with van der Waals surface area (Å²) >= 11 is 1.49. The highest BCUT2D eigenvalue weighted by molar-refractivity contribution is 7.07. The lowest BCUT2D eigenvalue weighted by molar-refractivity contribution is -0.137. The lowest BCUT2D eigenvalue weighted by Crippen LogP contribution is -2.25. The van der Waals surface area contributed by atoms with Crippen LogP contribution in [0.25, 0.3) is 5.65 Å². The van der Waals surface area contributed by atoms with E-state index < -0.39 is 11.7 Å². The number of carbonyl (C=O) groups excluding carboxylic acids is 1. The summed E-state index contributed by atoms with van der Waals surface area (Å²) in [5, 5.41) is 14.0. The number of hydrogen-bond acceptors (Lipinski definition) is 4. The smallest absolute Gasteiger partial charge is 0.348 e. The summed E-state index contributed by atoms with van der Waals surface area (Å²) in [4.78, 5) is 11.8. The summed E-state index contributed by atoms with van der Waals surface area (Å²) in [6, 6.07) is 4.03. The second-order valence-corrected chi connectivity index (χ2v) is 5.63. The molecule has 3 aromatic heterocycles. The minimum Gasteiger partial charge on any atom is -0.348 e. The van der Waals surface area contributed by atoms with Crippen LogP contribution in [0.3, 0.4) is 0 Å². The molecule has 0 saturated carbocycles. The van der Waals surface area contributed by atoms with E-state index in [1.807, 2.05) is 16.8 Å². The molecule has 0 saturated heterocycles. The third-order valence-electron chi connectivity index (χ3n) is 3.19. The van der Waals surface area contributed by atoms with E-state index in [1.54, 1.807) is 0 Å². The van der Waals surface area contributed by atoms with Crippen LogP contribution >= 0.6 is 11.3 Å². The van der Waals surface area contributed by atoms with Gasteiger partial charge in [-0.25, -0.2) is 0 Å². The molecule has 5 nitrogen and oxygen atoms in total. The standard InChI is InChI=1S/C14H11F3N4OS/c15-14(16,17)10-1-2-11-19-20-12(21(11)7-10)6-18-13(22)5-9-3-4-23-8-9/h1-4,7-8H,5-6H2,(H,18,22). The Kier molecular flexibility index (Phi) is 4.03. The highest BCUT2D eigenvalue weighted by atomic mass is 32.1. The highest BCUT2D eigenvalue weighted by Gasteiger charge is 2.31. The number of carbonyl (C=O) groups is 1. The fourth-order valence-corrected chi connectivity index (χ4v) is 2.71. The lowest BCUT2D eigenvalue weighted by Gasteiger charge is -2.08. The molecule has 0 radical (unpaired) electrons. The first-order chi connectivity index (χ1) is 10.9. The van der Waals surface area contributed by atoms with E-state index in [9.17, 15) is 18.0 Å². The van der Waals surface area contributed by atoms with Crippen molar-refractivity contribution in [1.82, 2.24) is 19.9 Å². The maximum Gasteiger partial charge on any atom is 0.417 e. The zero-order valence-electron chi connectivity index (χ0n) is 11.7. The van der Waals surface area contributed by atoms with Gasteiger partial charge >= 0.3 is 6.18 Å². The number of halogens is 3. The van der Waals surface area contributed by atoms with Gasteiger partial charge in [-0.05, 0) is 34.5 Å². The Balaban J connectivity index is 1.73. The van der Waals surface area contributed by atoms with Gasteiger partial charge in [0.2, 0.25) is 5.91 Å². The molecule has 0 fully saturated rings. The predicted molar refractivity (Wildman–Crippen MR) is 77.9 cm³/mol. The van der Waals surface area contributed by atoms with Gasteiger partial charge in [-0.2, -0.15) is 24.5 Å². The first-order valence-corrected chi connectivity index (χ1v) is 7.56. The summed E-state index contributed by atoms with van der Waals surface area (Å²) in [6.07, 6.45) is -3.30. The number of nitrogens with zero attached hydrogens (tertiary/aromatic N) is 3. The number of fused-ring (bicyclic) bond motifs is 1. The minimum absolute atomic E-state index is 0.00540. The molecule has 3 aromatic rings. The molecule has 1 amide bonds. The number of hydrogen-bond donors (Lipinski definition) is 1. The number of aromatic nitrogens is 3. The molecule has 0 aliphatic carbocycles. The van der Waals surface area contributed by atoms with Crippen molar-refractivity contribution in [3.05, 3.63) is 52.1 Å². The molecule has 0 aliphatic rings. The van der Waals surface area contributed by atoms with Crippen molar-refractivity contribution < 1.29 is 18.0 Å². The largest absolute Gasteiger partial charge is 0.417 e. The molecule has 0 aromatic carbocycles. The topological polar surface area (TPSA) is 59.3 Å². The molecule has 1 N–H and O–H groups in total. The van der Waals surface area contributed by atoms with Crippen LogP contribution < -0.4 is 5.32 Å². The zero-order chi connectivity index (χ0) is 16.4. The van der Waals surface area contributed by atoms with Crippen LogP contribution in [-0.4, -0.2) is 20.5 Å². The number of alkyl halides is 3. The molecule has 9 heteroatoms. The van der Waals surface area contributed by atoms with Gasteiger partial charge in [-0.3, -0.25) is 9.20 Å². The van der Waals surface area contributed by atoms with E-state index in [0.29, 0.717) is 5.65 Å². The van der Waals surface area contributed by atoms with Crippen molar-refractivity contribution in [3.8, 4) is 0 Å². The zero-order valence-corrected chi connectivity index (χ0v) is 12.5. The van der Waals surface area contributed by atoms with Crippen LogP contribution in [-0.2, 0) is 23.9 Å². The molecule has 0 bridgehead atoms. The molecule has 0 unspecified atom stereocenters. The third-order valence-corrected chi connectivity index (χ3v) is 3.92. The number of nitrogens with one attached hydrogen (secondary N) is 1. The fourth-order valence-electron chi connectivity index (χ4n) is 2.05. The molecule has 120 valence electrons. The van der Waals surface area contributed by atoms with Crippen LogP contribution in [0.4, 0.5) is 13.2 Å². The Bertz CT molecular complexity index is 826. The number of thiophene rings is 1. The second kappa shape index (κ2) is 5.99. The van der Waals surface area contributed by atoms with E-state index in [2.05, 4.69) is 15.5 Å². The summed E-state index contributed by atoms with van der Waals surface area (Å²) in [6.45, 7) is 0.00540. The van der Waals surface area contributed by atoms with Crippen molar-refractivity contribution >= 4 is 22.9 Å². The molecule has 0 atom stereocenters. The number of rotatable bonds is 4. The maximum absolute atomic E-state index is 12.8. The van der Waals surface area contributed by atoms with E-state index in [1.165, 1.54) is 21.8 Å². The van der Waals surface area contributed by atoms with Crippen molar-refractivity contribution in [1.29, 1.82) is 0 Å². The van der Waals surface area contributed by atoms with Gasteiger partial charge in [0.1, 0.15) is 0 Å². The second-order valence-electron chi connectivity index (χ2n) is 4.85. The van der Waals surface area contributed by atoms with Gasteiger partial charge in [0.15, 0.2) is 11.5 Å². The number of amides is 1. The molecular formula is C14H11F3N4OS. The fraction of sp³-hybridized carbons (Fsp3) is 0.214. The van der Waals surface area contributed by atoms with E-state index in [4.69, 9.17) is 0 Å². The van der Waals surface area contributed by atoms with Crippen LogP contribution in [0.2, 0.25) is 0 Å². The normalized spacial score (nSPS) is 11.8. The Morgan fingerprint density at radius 2 is 2.09 bits per heavy atom. The molecule has 3 heterocycles. The molecule has 0 spiro atoms. The quantitative estimate of drug-likeness (QED) is 0.794. The third kappa shape index (κ3) is 3.50. The summed E-state index contributed by atoms with van der Waals surface area (Å²) in [5.74, 6) is 0.0110. The first-order valence-electron chi connectivity index (χ1n) is 6.62. The van der Waals surface area contributed by atoms with Crippen molar-refractivity contribution in [2.75, 3.05) is 0 Å². The lowest BCUT2D eigenvalue weighted by atomic mass is 10.2. The van der Waals surface area contributed by atoms with Crippen LogP contribution in [0.15, 0.2) is 35.2 Å². The Morgan fingerprint density at radius 1 is 1.26 bits per heavy atom. The van der Waals surface area contributed by atoms with Crippen LogP contribution in [0.5, 0.6) is 0 Å². The number of pyridine rings is 1. The molecule has 23 heavy (non-hydrogen) atoms. The predicted octanol–water partition coefficient (Wildman–Crippen LogP) is 2.67. The van der Waals surface area contributed by atoms with Gasteiger partial charge in [-0.15, -0.1) is 10.2 Å². The van der Waals surface area contributed by atoms with Crippen LogP contribution in [0, 0.1) is 0 Å². The van der Waals surface area contributed by atoms with Gasteiger partial charge in [-0.1, -0.05) is 0 Å². The van der Waals surface area contributed by atoms with Crippen molar-refractivity contribution in [3.63, 3.8) is 0 Å². The van der Waals surface area contributed by atoms with Gasteiger partial charge < -0.3 is 5.32 Å². The Hall–Kier alpha value is -2.42. The average molecular weight is 340 g/mol. The average Bonchev–Trinajstić information content (AvgIpc) is 3.13. The monoisotopic (exact) mass is 340 g/mol. The summed E-state index contributed by atoms with van der Waals surface area (Å²) in [5.41, 5.74) is 0.383. The Morgan fingerprint density at radius 3 is 2.78 bits per heavy atom. The van der Waals surface area contributed by atoms with Gasteiger partial charge in [0.05, 0.1) is 18.5 Å². The highest BCUT2D eigenvalue weighted by Crippen LogP contribution is 2.29. The van der Waals surface area contributed by atoms with Crippen molar-refractivity contribution in [2.24, 2.45) is 0 Å². The molecule has 0 aliphatic heterocycles. The van der Waals surface area contributed by atoms with E-state index in [0.717, 1.165) is 17.8 Å². The van der Waals surface area contributed by atoms with Crippen LogP contribution in [0.1, 0.15) is 17.0 Å². The molecular weight excluding hydrogens is 329 g/mol. The summed E-state index contributed by atoms with van der Waals surface area (Å²) in [7, 11) is 0. The van der Waals surface area contributed by atoms with Gasteiger partial charge in [0.25, 0.3) is 0 Å². The Labute approximate surface area is 132 Å². The first kappa shape index (κ1) is 15.5. The van der Waals surface area contributed by atoms with Gasteiger partial charge in [0, 0.05) is 6.20 Å². The molecule has 3 rings (SSSR count). The van der Waals surface area contributed by atoms with Crippen molar-refractivity contribution in [2.45, 2.75) is 19.1 Å². The minimum atomic E-state index is -4.45. The summed E-state index contributed by atoms with van der Waals surface area (Å²) < 4.78 is 39.5. The SMILES string of the molecule is O=C(Cc1ccsc1)NCc1nnc2ccc(C(F)(F)F)cn12. The van der Waals surface area contributed by atoms with E-state index >= 15 is 0 Å². The maximum atomic E-state index is 12.8.